The number of Topliss-reactive ketones (excluding diaryl/α,β-unsaturated/α-hetero) is 2. The van der Waals surface area contributed by atoms with Crippen LogP contribution in [0.15, 0.2) is 104 Å². The number of carbonyl (C=O) groups is 2. The molecule has 0 radical (unpaired) electrons. The summed E-state index contributed by atoms with van der Waals surface area (Å²) in [6.45, 7) is 19.4. The number of methoxy groups -OCH3 is 2. The molecule has 0 N–H and O–H groups in total. The van der Waals surface area contributed by atoms with Gasteiger partial charge >= 0.3 is 0 Å². The van der Waals surface area contributed by atoms with Crippen LogP contribution in [0.25, 0.3) is 0 Å². The van der Waals surface area contributed by atoms with Gasteiger partial charge in [0.05, 0.1) is 14.2 Å². The molecule has 0 bridgehead atoms. The molecule has 0 aromatic heterocycles. The molecule has 4 heteroatoms. The van der Waals surface area contributed by atoms with Crippen LogP contribution in [0.5, 0.6) is 0 Å². The number of hydrogen-bond acceptors (Lipinski definition) is 4. The fraction of sp³-hybridized carbons (Fsp3) is 0.545. The van der Waals surface area contributed by atoms with E-state index in [-0.39, 0.29) is 23.1 Å². The molecule has 266 valence electrons. The van der Waals surface area contributed by atoms with Crippen molar-refractivity contribution in [3.05, 3.63) is 104 Å². The lowest BCUT2D eigenvalue weighted by atomic mass is 9.90. The van der Waals surface area contributed by atoms with Crippen molar-refractivity contribution < 1.29 is 19.1 Å². The quantitative estimate of drug-likeness (QED) is 0.0858. The lowest BCUT2D eigenvalue weighted by molar-refractivity contribution is -0.121. The molecular formula is C44H66O4. The largest absolute Gasteiger partial charge is 0.489 e. The van der Waals surface area contributed by atoms with Crippen molar-refractivity contribution in [1.82, 2.24) is 0 Å². The minimum absolute atomic E-state index is 0.00623. The second-order valence-electron chi connectivity index (χ2n) is 13.8. The van der Waals surface area contributed by atoms with Crippen LogP contribution < -0.4 is 0 Å². The summed E-state index contributed by atoms with van der Waals surface area (Å²) >= 11 is 0. The van der Waals surface area contributed by atoms with E-state index >= 15 is 0 Å². The molecule has 0 spiro atoms. The molecule has 0 amide bonds. The first kappa shape index (κ1) is 42.6. The van der Waals surface area contributed by atoms with Gasteiger partial charge in [0.1, 0.15) is 0 Å². The van der Waals surface area contributed by atoms with Crippen LogP contribution in [-0.2, 0) is 19.1 Å². The van der Waals surface area contributed by atoms with Crippen LogP contribution in [0, 0.1) is 0 Å². The highest BCUT2D eigenvalue weighted by atomic mass is 16.5. The van der Waals surface area contributed by atoms with E-state index in [1.54, 1.807) is 6.92 Å². The predicted octanol–water partition coefficient (Wildman–Crippen LogP) is 12.7. The van der Waals surface area contributed by atoms with Gasteiger partial charge in [0.15, 0.2) is 0 Å². The van der Waals surface area contributed by atoms with E-state index in [2.05, 4.69) is 91.8 Å². The summed E-state index contributed by atoms with van der Waals surface area (Å²) in [6, 6.07) is 0. The van der Waals surface area contributed by atoms with Crippen LogP contribution in [0.3, 0.4) is 0 Å². The fourth-order valence-electron chi connectivity index (χ4n) is 5.65. The molecule has 0 saturated heterocycles. The maximum atomic E-state index is 12.8. The van der Waals surface area contributed by atoms with Gasteiger partial charge in [-0.15, -0.1) is 0 Å². The molecule has 0 heterocycles. The summed E-state index contributed by atoms with van der Waals surface area (Å²) in [4.78, 5) is 25.4. The Morgan fingerprint density at radius 3 is 1.06 bits per heavy atom. The van der Waals surface area contributed by atoms with Gasteiger partial charge in [0.2, 0.25) is 23.1 Å². The molecule has 0 fully saturated rings. The molecule has 1 aliphatic rings. The Morgan fingerprint density at radius 2 is 0.750 bits per heavy atom. The van der Waals surface area contributed by atoms with Crippen molar-refractivity contribution in [2.24, 2.45) is 0 Å². The third-order valence-electron chi connectivity index (χ3n) is 9.00. The third kappa shape index (κ3) is 17.1. The molecule has 0 aromatic carbocycles. The topological polar surface area (TPSA) is 52.6 Å². The van der Waals surface area contributed by atoms with E-state index in [4.69, 9.17) is 9.47 Å². The van der Waals surface area contributed by atoms with Crippen LogP contribution in [0.4, 0.5) is 0 Å². The lowest BCUT2D eigenvalue weighted by Gasteiger charge is -2.19. The van der Waals surface area contributed by atoms with Gasteiger partial charge in [-0.2, -0.15) is 0 Å². The first-order valence-electron chi connectivity index (χ1n) is 18.0. The van der Waals surface area contributed by atoms with Crippen molar-refractivity contribution in [1.29, 1.82) is 0 Å². The minimum atomic E-state index is -0.283. The van der Waals surface area contributed by atoms with E-state index in [1.807, 2.05) is 6.08 Å². The summed E-state index contributed by atoms with van der Waals surface area (Å²) in [6.07, 6.45) is 30.0. The molecule has 0 saturated carbocycles. The molecule has 0 aromatic rings. The molecular weight excluding hydrogens is 592 g/mol. The van der Waals surface area contributed by atoms with Gasteiger partial charge in [0, 0.05) is 11.1 Å². The highest BCUT2D eigenvalue weighted by Crippen LogP contribution is 2.28. The average molecular weight is 659 g/mol. The summed E-state index contributed by atoms with van der Waals surface area (Å²) < 4.78 is 10.3. The van der Waals surface area contributed by atoms with Crippen molar-refractivity contribution in [3.8, 4) is 0 Å². The van der Waals surface area contributed by atoms with Gasteiger partial charge < -0.3 is 9.47 Å². The van der Waals surface area contributed by atoms with E-state index in [1.165, 1.54) is 59.7 Å². The Hall–Kier alpha value is -3.40. The molecule has 0 atom stereocenters. The smallest absolute Gasteiger partial charge is 0.228 e. The first-order chi connectivity index (χ1) is 22.8. The average Bonchev–Trinajstić information content (AvgIpc) is 3.02. The summed E-state index contributed by atoms with van der Waals surface area (Å²) in [5.41, 5.74) is 10.9. The molecule has 0 aliphatic heterocycles. The van der Waals surface area contributed by atoms with E-state index in [0.29, 0.717) is 17.6 Å². The number of rotatable bonds is 22. The van der Waals surface area contributed by atoms with Crippen LogP contribution in [-0.4, -0.2) is 25.8 Å². The summed E-state index contributed by atoms with van der Waals surface area (Å²) in [5.74, 6) is -0.570. The van der Waals surface area contributed by atoms with Crippen LogP contribution in [0.2, 0.25) is 0 Å². The van der Waals surface area contributed by atoms with Crippen LogP contribution >= 0.6 is 0 Å². The predicted molar refractivity (Wildman–Crippen MR) is 206 cm³/mol. The standard InChI is InChI=1S/C44H66O4/c1-32(2)18-12-19-33(3)20-13-21-34(4)22-14-23-35(5)24-15-25-36(6)26-16-27-37(7)28-17-29-38(8)30-31-40-39(9)41(45)43(47-10)44(48-11)42(40)46/h18,20,22,24,26,28,30H,12-17,19,21,23,25,27,29,31H2,1-11H3/b33-20+,34-22+,35-24+,36-26+,37-28-,38-30+. The molecule has 1 aliphatic carbocycles. The summed E-state index contributed by atoms with van der Waals surface area (Å²) in [5, 5.41) is 0. The van der Waals surface area contributed by atoms with Gasteiger partial charge in [-0.3, -0.25) is 9.59 Å². The van der Waals surface area contributed by atoms with Gasteiger partial charge in [-0.05, 0) is 146 Å². The Balaban J connectivity index is 2.37. The fourth-order valence-corrected chi connectivity index (χ4v) is 5.65. The van der Waals surface area contributed by atoms with Crippen molar-refractivity contribution in [2.45, 2.75) is 146 Å². The maximum Gasteiger partial charge on any atom is 0.228 e. The zero-order chi connectivity index (χ0) is 36.1. The monoisotopic (exact) mass is 658 g/mol. The van der Waals surface area contributed by atoms with Crippen molar-refractivity contribution in [2.75, 3.05) is 14.2 Å². The third-order valence-corrected chi connectivity index (χ3v) is 9.00. The van der Waals surface area contributed by atoms with Gasteiger partial charge in [-0.25, -0.2) is 0 Å². The normalized spacial score (nSPS) is 15.9. The van der Waals surface area contributed by atoms with Crippen molar-refractivity contribution in [3.63, 3.8) is 0 Å². The summed E-state index contributed by atoms with van der Waals surface area (Å²) in [7, 11) is 2.77. The zero-order valence-electron chi connectivity index (χ0n) is 32.4. The number of carbonyl (C=O) groups excluding carboxylic acids is 2. The Kier molecular flexibility index (Phi) is 21.2. The highest BCUT2D eigenvalue weighted by molar-refractivity contribution is 6.23. The van der Waals surface area contributed by atoms with Gasteiger partial charge in [0.25, 0.3) is 0 Å². The second-order valence-corrected chi connectivity index (χ2v) is 13.8. The lowest BCUT2D eigenvalue weighted by Crippen LogP contribution is -2.24. The highest BCUT2D eigenvalue weighted by Gasteiger charge is 2.34. The Bertz CT molecular complexity index is 1360. The maximum absolute atomic E-state index is 12.8. The van der Waals surface area contributed by atoms with Crippen molar-refractivity contribution >= 4 is 11.6 Å². The van der Waals surface area contributed by atoms with E-state index < -0.39 is 0 Å². The number of allylic oxidation sites excluding steroid dienone is 16. The first-order valence-corrected chi connectivity index (χ1v) is 18.0. The van der Waals surface area contributed by atoms with E-state index in [9.17, 15) is 9.59 Å². The Morgan fingerprint density at radius 1 is 0.458 bits per heavy atom. The second kappa shape index (κ2) is 23.8. The SMILES string of the molecule is COC1=C(OC)C(=O)C(C/C=C(\C)CC/C=C(/C)CC/C=C(\C)CC/C=C(\C)CC/C=C(\C)CC/C=C(\C)CCC=C(C)C)=C(C)C1=O. The minimum Gasteiger partial charge on any atom is -0.489 e. The Labute approximate surface area is 294 Å². The number of hydrogen-bond donors (Lipinski definition) is 0. The molecule has 4 nitrogen and oxygen atoms in total. The zero-order valence-corrected chi connectivity index (χ0v) is 32.4. The van der Waals surface area contributed by atoms with Crippen LogP contribution in [0.1, 0.15) is 146 Å². The van der Waals surface area contributed by atoms with E-state index in [0.717, 1.165) is 70.6 Å². The van der Waals surface area contributed by atoms with Gasteiger partial charge in [-0.1, -0.05) is 81.5 Å². The molecule has 1 rings (SSSR count). The molecule has 0 unspecified atom stereocenters. The molecule has 48 heavy (non-hydrogen) atoms. The number of ether oxygens (including phenoxy) is 2. The number of ketones is 2.